The number of fused-ring (bicyclic) bond motifs is 1. The zero-order valence-corrected chi connectivity index (χ0v) is 25.0. The molecule has 0 aromatic heterocycles. The maximum Gasteiger partial charge on any atom is 0.294 e. The van der Waals surface area contributed by atoms with Gasteiger partial charge in [-0.2, -0.15) is 8.42 Å². The van der Waals surface area contributed by atoms with Crippen molar-refractivity contribution in [2.45, 2.75) is 115 Å². The zero-order valence-electron chi connectivity index (χ0n) is 22.2. The molecule has 6 nitrogen and oxygen atoms in total. The average molecular weight is 529 g/mol. The number of anilines is 1. The van der Waals surface area contributed by atoms with Crippen molar-refractivity contribution in [2.75, 3.05) is 5.32 Å². The van der Waals surface area contributed by atoms with E-state index < -0.39 is 10.1 Å². The van der Waals surface area contributed by atoms with Crippen LogP contribution in [-0.2, 0) is 14.9 Å². The number of phenolic OH excluding ortho intramolecular Hbond substituents is 1. The van der Waals surface area contributed by atoms with Gasteiger partial charge in [0.15, 0.2) is 0 Å². The minimum Gasteiger partial charge on any atom is -0.507 e. The second kappa shape index (κ2) is 18.2. The zero-order chi connectivity index (χ0) is 25.5. The molecule has 36 heavy (non-hydrogen) atoms. The van der Waals surface area contributed by atoms with Gasteiger partial charge in [-0.25, -0.2) is 0 Å². The monoisotopic (exact) mass is 528 g/mol. The van der Waals surface area contributed by atoms with E-state index in [0.29, 0.717) is 22.9 Å². The van der Waals surface area contributed by atoms with Gasteiger partial charge in [0.25, 0.3) is 10.1 Å². The molecule has 0 aliphatic rings. The van der Waals surface area contributed by atoms with Gasteiger partial charge in [-0.15, -0.1) is 0 Å². The summed E-state index contributed by atoms with van der Waals surface area (Å²) in [5.74, 6) is -0.333. The molecule has 2 rings (SSSR count). The Hall–Kier alpha value is -1.12. The molecular weight excluding hydrogens is 485 g/mol. The standard InChI is InChI=1S/C28H43NO5S.Na/c1-2-3-4-5-6-7-8-9-10-11-12-13-14-15-16-17-28(31)29-24-18-19-26-23(20-24)21-25(22-27(26)30)35(32,33)34;/h18-22,30H,2-17H2,1H3,(H,29,31)(H,32,33,34);. The van der Waals surface area contributed by atoms with E-state index in [2.05, 4.69) is 12.2 Å². The Labute approximate surface area is 239 Å². The van der Waals surface area contributed by atoms with Crippen LogP contribution in [0.1, 0.15) is 110 Å². The van der Waals surface area contributed by atoms with Crippen molar-refractivity contribution in [3.05, 3.63) is 30.3 Å². The van der Waals surface area contributed by atoms with E-state index in [9.17, 15) is 22.9 Å². The number of carbonyl (C=O) groups is 1. The van der Waals surface area contributed by atoms with Gasteiger partial charge in [0.1, 0.15) is 5.75 Å². The Balaban J connectivity index is 0.00000648. The molecule has 0 saturated heterocycles. The second-order valence-electron chi connectivity index (χ2n) is 9.60. The van der Waals surface area contributed by atoms with Crippen molar-refractivity contribution >= 4 is 62.0 Å². The van der Waals surface area contributed by atoms with Gasteiger partial charge < -0.3 is 10.4 Å². The molecule has 3 N–H and O–H groups in total. The number of unbranched alkanes of at least 4 members (excludes halogenated alkanes) is 14. The normalized spacial score (nSPS) is 11.4. The third-order valence-corrected chi connectivity index (χ3v) is 7.32. The summed E-state index contributed by atoms with van der Waals surface area (Å²) in [6.07, 6.45) is 19.6. The Morgan fingerprint density at radius 1 is 0.778 bits per heavy atom. The van der Waals surface area contributed by atoms with Gasteiger partial charge >= 0.3 is 0 Å². The van der Waals surface area contributed by atoms with Gasteiger partial charge in [0.2, 0.25) is 5.91 Å². The molecule has 2 aromatic carbocycles. The molecule has 0 saturated carbocycles. The van der Waals surface area contributed by atoms with Crippen LogP contribution in [0.4, 0.5) is 5.69 Å². The molecule has 0 heterocycles. The van der Waals surface area contributed by atoms with Gasteiger partial charge in [0, 0.05) is 53.1 Å². The fourth-order valence-corrected chi connectivity index (χ4v) is 4.97. The maximum absolute atomic E-state index is 12.3. The van der Waals surface area contributed by atoms with E-state index >= 15 is 0 Å². The Bertz CT molecular complexity index is 1030. The number of rotatable bonds is 18. The predicted molar refractivity (Wildman–Crippen MR) is 149 cm³/mol. The van der Waals surface area contributed by atoms with Crippen LogP contribution >= 0.6 is 0 Å². The molecule has 2 aromatic rings. The number of nitrogens with one attached hydrogen (secondary N) is 1. The average Bonchev–Trinajstić information content (AvgIpc) is 2.80. The molecule has 0 fully saturated rings. The van der Waals surface area contributed by atoms with Crippen LogP contribution in [-0.4, -0.2) is 53.5 Å². The summed E-state index contributed by atoms with van der Waals surface area (Å²) in [6.45, 7) is 2.26. The minimum atomic E-state index is -4.43. The summed E-state index contributed by atoms with van der Waals surface area (Å²) in [7, 11) is -4.43. The number of aromatic hydroxyl groups is 1. The topological polar surface area (TPSA) is 104 Å². The summed E-state index contributed by atoms with van der Waals surface area (Å²) in [5.41, 5.74) is 0.523. The number of hydrogen-bond acceptors (Lipinski definition) is 4. The molecule has 197 valence electrons. The van der Waals surface area contributed by atoms with Gasteiger partial charge in [-0.05, 0) is 36.1 Å². The molecule has 0 bridgehead atoms. The van der Waals surface area contributed by atoms with Crippen LogP contribution in [0.2, 0.25) is 0 Å². The van der Waals surface area contributed by atoms with Crippen molar-refractivity contribution in [1.29, 1.82) is 0 Å². The van der Waals surface area contributed by atoms with Crippen LogP contribution in [0, 0.1) is 0 Å². The van der Waals surface area contributed by atoms with Crippen LogP contribution < -0.4 is 5.32 Å². The van der Waals surface area contributed by atoms with Crippen molar-refractivity contribution in [3.63, 3.8) is 0 Å². The molecule has 1 radical (unpaired) electrons. The third kappa shape index (κ3) is 12.9. The van der Waals surface area contributed by atoms with Crippen molar-refractivity contribution in [2.24, 2.45) is 0 Å². The van der Waals surface area contributed by atoms with Crippen LogP contribution in [0.3, 0.4) is 0 Å². The van der Waals surface area contributed by atoms with Crippen LogP contribution in [0.15, 0.2) is 35.2 Å². The number of benzene rings is 2. The smallest absolute Gasteiger partial charge is 0.294 e. The minimum absolute atomic E-state index is 0. The van der Waals surface area contributed by atoms with Gasteiger partial charge in [-0.1, -0.05) is 96.8 Å². The van der Waals surface area contributed by atoms with E-state index in [1.165, 1.54) is 83.1 Å². The Morgan fingerprint density at radius 2 is 1.28 bits per heavy atom. The third-order valence-electron chi connectivity index (χ3n) is 6.49. The Kier molecular flexibility index (Phi) is 16.6. The van der Waals surface area contributed by atoms with Crippen molar-refractivity contribution in [1.82, 2.24) is 0 Å². The SMILES string of the molecule is CCCCCCCCCCCCCCCCCC(=O)Nc1ccc2c(O)cc(S(=O)(=O)O)cc2c1.[Na]. The first kappa shape index (κ1) is 32.9. The van der Waals surface area contributed by atoms with E-state index in [1.807, 2.05) is 0 Å². The van der Waals surface area contributed by atoms with E-state index in [4.69, 9.17) is 0 Å². The summed E-state index contributed by atoms with van der Waals surface area (Å²) in [5, 5.41) is 13.7. The quantitative estimate of drug-likeness (QED) is 0.105. The fourth-order valence-electron chi connectivity index (χ4n) is 4.43. The number of amides is 1. The molecule has 0 atom stereocenters. The van der Waals surface area contributed by atoms with E-state index in [1.54, 1.807) is 18.2 Å². The van der Waals surface area contributed by atoms with Gasteiger partial charge in [0.05, 0.1) is 4.90 Å². The van der Waals surface area contributed by atoms with Crippen LogP contribution in [0.5, 0.6) is 5.75 Å². The second-order valence-corrected chi connectivity index (χ2v) is 11.0. The van der Waals surface area contributed by atoms with Crippen LogP contribution in [0.25, 0.3) is 10.8 Å². The predicted octanol–water partition coefficient (Wildman–Crippen LogP) is 7.61. The number of carbonyl (C=O) groups excluding carboxylic acids is 1. The molecule has 0 aliphatic heterocycles. The van der Waals surface area contributed by atoms with Gasteiger partial charge in [-0.3, -0.25) is 9.35 Å². The summed E-state index contributed by atoms with van der Waals surface area (Å²) < 4.78 is 32.0. The van der Waals surface area contributed by atoms with E-state index in [-0.39, 0.29) is 46.1 Å². The first-order valence-electron chi connectivity index (χ1n) is 13.4. The largest absolute Gasteiger partial charge is 0.507 e. The van der Waals surface area contributed by atoms with E-state index in [0.717, 1.165) is 25.3 Å². The molecule has 1 amide bonds. The first-order chi connectivity index (χ1) is 16.8. The molecular formula is C28H43NNaO5S. The number of hydrogen-bond donors (Lipinski definition) is 3. The molecule has 0 unspecified atom stereocenters. The fraction of sp³-hybridized carbons (Fsp3) is 0.607. The molecule has 8 heteroatoms. The Morgan fingerprint density at radius 3 is 1.78 bits per heavy atom. The van der Waals surface area contributed by atoms with Crippen molar-refractivity contribution in [3.8, 4) is 5.75 Å². The summed E-state index contributed by atoms with van der Waals surface area (Å²) in [4.78, 5) is 11.9. The number of phenols is 1. The molecule has 0 spiro atoms. The van der Waals surface area contributed by atoms with Crippen molar-refractivity contribution < 1.29 is 22.9 Å². The first-order valence-corrected chi connectivity index (χ1v) is 14.8. The summed E-state index contributed by atoms with van der Waals surface area (Å²) >= 11 is 0. The maximum atomic E-state index is 12.3. The molecule has 0 aliphatic carbocycles. The summed E-state index contributed by atoms with van der Waals surface area (Å²) in [6, 6.07) is 7.15.